The lowest BCUT2D eigenvalue weighted by molar-refractivity contribution is -0.0976. The van der Waals surface area contributed by atoms with Gasteiger partial charge in [0.25, 0.3) is 0 Å². The molecule has 1 heterocycles. The van der Waals surface area contributed by atoms with E-state index in [-0.39, 0.29) is 5.41 Å². The van der Waals surface area contributed by atoms with Crippen molar-refractivity contribution in [2.24, 2.45) is 22.7 Å². The number of fused-ring (bicyclic) bond motifs is 5. The molecule has 132 valence electrons. The number of rotatable bonds is 1. The number of methoxy groups -OCH3 is 1. The van der Waals surface area contributed by atoms with Crippen molar-refractivity contribution in [3.63, 3.8) is 0 Å². The Bertz CT molecular complexity index is 637. The van der Waals surface area contributed by atoms with E-state index in [1.165, 1.54) is 48.3 Å². The molecule has 0 saturated heterocycles. The normalized spacial score (nSPS) is 40.2. The van der Waals surface area contributed by atoms with E-state index in [1.54, 1.807) is 0 Å². The van der Waals surface area contributed by atoms with Gasteiger partial charge in [-0.1, -0.05) is 40.2 Å². The zero-order valence-corrected chi connectivity index (χ0v) is 16.8. The number of thioether (sulfide) groups is 1. The molecule has 0 N–H and O–H groups in total. The number of hydrogen-bond donors (Lipinski definition) is 0. The summed E-state index contributed by atoms with van der Waals surface area (Å²) in [6.07, 6.45) is 6.90. The molecule has 0 bridgehead atoms. The molecular formula is C22H32OS. The third-order valence-electron chi connectivity index (χ3n) is 7.98. The Morgan fingerprint density at radius 2 is 1.83 bits per heavy atom. The van der Waals surface area contributed by atoms with E-state index in [4.69, 9.17) is 4.74 Å². The fraction of sp³-hybridized carbons (Fsp3) is 0.727. The van der Waals surface area contributed by atoms with E-state index in [0.717, 1.165) is 17.6 Å². The zero-order valence-electron chi connectivity index (χ0n) is 15.9. The van der Waals surface area contributed by atoms with Crippen LogP contribution < -0.4 is 4.74 Å². The van der Waals surface area contributed by atoms with Gasteiger partial charge in [0.05, 0.1) is 7.11 Å². The van der Waals surface area contributed by atoms with Gasteiger partial charge in [-0.3, -0.25) is 0 Å². The molecule has 2 fully saturated rings. The lowest BCUT2D eigenvalue weighted by atomic mass is 9.43. The summed E-state index contributed by atoms with van der Waals surface area (Å²) in [6.45, 7) is 10.2. The van der Waals surface area contributed by atoms with Crippen LogP contribution in [0.15, 0.2) is 23.1 Å². The first-order chi connectivity index (χ1) is 11.3. The molecule has 0 amide bonds. The summed E-state index contributed by atoms with van der Waals surface area (Å²) in [5, 5.41) is 0. The van der Waals surface area contributed by atoms with E-state index in [0.29, 0.717) is 10.8 Å². The van der Waals surface area contributed by atoms with Crippen LogP contribution >= 0.6 is 11.8 Å². The van der Waals surface area contributed by atoms with Crippen LogP contribution in [0.25, 0.3) is 0 Å². The molecule has 2 saturated carbocycles. The molecule has 2 heteroatoms. The van der Waals surface area contributed by atoms with Crippen molar-refractivity contribution < 1.29 is 4.74 Å². The first-order valence-corrected chi connectivity index (χ1v) is 10.6. The van der Waals surface area contributed by atoms with Crippen LogP contribution in [0.3, 0.4) is 0 Å². The molecule has 0 radical (unpaired) electrons. The first-order valence-electron chi connectivity index (χ1n) is 9.63. The van der Waals surface area contributed by atoms with Crippen molar-refractivity contribution in [3.05, 3.63) is 23.8 Å². The van der Waals surface area contributed by atoms with Gasteiger partial charge in [-0.15, -0.1) is 11.8 Å². The summed E-state index contributed by atoms with van der Waals surface area (Å²) in [6, 6.07) is 6.64. The number of hydrogen-bond acceptors (Lipinski definition) is 2. The number of benzene rings is 1. The standard InChI is InChI=1S/C22H32OS/c1-20(2)11-7-12-21(3)17(20)10-13-22(4)18(21)14-24-16-9-6-8-15(23-5)19(16)22/h6,8-9,17-18H,7,10-14H2,1-5H3. The second-order valence-electron chi connectivity index (χ2n) is 9.55. The molecule has 4 unspecified atom stereocenters. The average Bonchev–Trinajstić information content (AvgIpc) is 2.53. The van der Waals surface area contributed by atoms with Gasteiger partial charge in [-0.05, 0) is 60.5 Å². The molecule has 24 heavy (non-hydrogen) atoms. The minimum absolute atomic E-state index is 0.270. The highest BCUT2D eigenvalue weighted by Gasteiger charge is 2.60. The molecule has 1 aromatic rings. The number of ether oxygens (including phenoxy) is 1. The Morgan fingerprint density at radius 3 is 2.58 bits per heavy atom. The molecule has 1 aliphatic heterocycles. The highest BCUT2D eigenvalue weighted by molar-refractivity contribution is 7.99. The van der Waals surface area contributed by atoms with E-state index >= 15 is 0 Å². The average molecular weight is 345 g/mol. The third kappa shape index (κ3) is 2.14. The molecule has 4 rings (SSSR count). The minimum atomic E-state index is 0.270. The monoisotopic (exact) mass is 344 g/mol. The van der Waals surface area contributed by atoms with Gasteiger partial charge < -0.3 is 4.74 Å². The smallest absolute Gasteiger partial charge is 0.123 e. The summed E-state index contributed by atoms with van der Waals surface area (Å²) in [5.41, 5.74) is 2.75. The van der Waals surface area contributed by atoms with Gasteiger partial charge in [-0.25, -0.2) is 0 Å². The maximum absolute atomic E-state index is 5.82. The summed E-state index contributed by atoms with van der Waals surface area (Å²) < 4.78 is 5.82. The predicted molar refractivity (Wildman–Crippen MR) is 103 cm³/mol. The Balaban J connectivity index is 1.84. The van der Waals surface area contributed by atoms with Crippen molar-refractivity contribution in [2.75, 3.05) is 12.9 Å². The van der Waals surface area contributed by atoms with Crippen LogP contribution in [-0.4, -0.2) is 12.9 Å². The molecule has 1 aromatic carbocycles. The van der Waals surface area contributed by atoms with Gasteiger partial charge >= 0.3 is 0 Å². The molecule has 1 nitrogen and oxygen atoms in total. The van der Waals surface area contributed by atoms with E-state index in [1.807, 2.05) is 7.11 Å². The largest absolute Gasteiger partial charge is 0.496 e. The maximum atomic E-state index is 5.82. The second kappa shape index (κ2) is 5.43. The van der Waals surface area contributed by atoms with Crippen LogP contribution in [0, 0.1) is 22.7 Å². The highest BCUT2D eigenvalue weighted by atomic mass is 32.2. The Hall–Kier alpha value is -0.630. The third-order valence-corrected chi connectivity index (χ3v) is 9.13. The Labute approximate surface area is 151 Å². The molecular weight excluding hydrogens is 312 g/mol. The molecule has 3 aliphatic rings. The quantitative estimate of drug-likeness (QED) is 0.591. The van der Waals surface area contributed by atoms with E-state index < -0.39 is 0 Å². The topological polar surface area (TPSA) is 9.23 Å². The summed E-state index contributed by atoms with van der Waals surface area (Å²) in [5.74, 6) is 4.02. The maximum Gasteiger partial charge on any atom is 0.123 e. The van der Waals surface area contributed by atoms with Gasteiger partial charge in [-0.2, -0.15) is 0 Å². The minimum Gasteiger partial charge on any atom is -0.496 e. The van der Waals surface area contributed by atoms with Crippen LogP contribution in [0.1, 0.15) is 65.4 Å². The van der Waals surface area contributed by atoms with Crippen LogP contribution in [0.5, 0.6) is 5.75 Å². The molecule has 2 aliphatic carbocycles. The van der Waals surface area contributed by atoms with Crippen LogP contribution in [0.2, 0.25) is 0 Å². The molecule has 0 spiro atoms. The molecule has 4 atom stereocenters. The fourth-order valence-electron chi connectivity index (χ4n) is 6.86. The predicted octanol–water partition coefficient (Wildman–Crippen LogP) is 6.30. The van der Waals surface area contributed by atoms with Crippen molar-refractivity contribution >= 4 is 11.8 Å². The summed E-state index contributed by atoms with van der Waals surface area (Å²) in [4.78, 5) is 1.46. The lowest BCUT2D eigenvalue weighted by Gasteiger charge is -2.64. The van der Waals surface area contributed by atoms with E-state index in [2.05, 4.69) is 57.7 Å². The molecule has 0 aromatic heterocycles. The summed E-state index contributed by atoms with van der Waals surface area (Å²) in [7, 11) is 1.84. The van der Waals surface area contributed by atoms with Crippen molar-refractivity contribution in [2.45, 2.75) is 70.1 Å². The van der Waals surface area contributed by atoms with Crippen molar-refractivity contribution in [3.8, 4) is 5.75 Å². The van der Waals surface area contributed by atoms with Gasteiger partial charge in [0.1, 0.15) is 5.75 Å². The van der Waals surface area contributed by atoms with E-state index in [9.17, 15) is 0 Å². The highest BCUT2D eigenvalue weighted by Crippen LogP contribution is 2.67. The first kappa shape index (κ1) is 16.8. The second-order valence-corrected chi connectivity index (χ2v) is 10.6. The van der Waals surface area contributed by atoms with Gasteiger partial charge in [0, 0.05) is 21.6 Å². The lowest BCUT2D eigenvalue weighted by Crippen LogP contribution is -2.58. The van der Waals surface area contributed by atoms with Gasteiger partial charge in [0.2, 0.25) is 0 Å². The zero-order chi connectivity index (χ0) is 17.2. The van der Waals surface area contributed by atoms with Crippen molar-refractivity contribution in [1.29, 1.82) is 0 Å². The van der Waals surface area contributed by atoms with Crippen molar-refractivity contribution in [1.82, 2.24) is 0 Å². The Morgan fingerprint density at radius 1 is 1.04 bits per heavy atom. The van der Waals surface area contributed by atoms with Crippen LogP contribution in [-0.2, 0) is 5.41 Å². The fourth-order valence-corrected chi connectivity index (χ4v) is 8.61. The Kier molecular flexibility index (Phi) is 3.81. The van der Waals surface area contributed by atoms with Crippen LogP contribution in [0.4, 0.5) is 0 Å². The van der Waals surface area contributed by atoms with Gasteiger partial charge in [0.15, 0.2) is 0 Å². The summed E-state index contributed by atoms with van der Waals surface area (Å²) >= 11 is 2.08. The SMILES string of the molecule is COc1cccc2c1C1(C)CCC3C(C)(C)CCCC3(C)C1CS2.